The first-order chi connectivity index (χ1) is 15.2. The Balaban J connectivity index is 0.00000289. The van der Waals surface area contributed by atoms with Crippen LogP contribution in [0.5, 0.6) is 17.4 Å². The normalized spacial score (nSPS) is 20.3. The Labute approximate surface area is 207 Å². The maximum Gasteiger partial charge on any atom is 0.219 e. The van der Waals surface area contributed by atoms with Crippen LogP contribution in [0.4, 0.5) is 0 Å². The van der Waals surface area contributed by atoms with Crippen molar-refractivity contribution >= 4 is 29.9 Å². The molecule has 3 heterocycles. The summed E-state index contributed by atoms with van der Waals surface area (Å²) >= 11 is 0. The van der Waals surface area contributed by atoms with Gasteiger partial charge >= 0.3 is 0 Å². The Morgan fingerprint density at radius 2 is 2.00 bits per heavy atom. The highest BCUT2D eigenvalue weighted by atomic mass is 127. The number of aromatic nitrogens is 1. The number of likely N-dealkylation sites (tertiary alicyclic amines) is 1. The van der Waals surface area contributed by atoms with Gasteiger partial charge in [-0.3, -0.25) is 0 Å². The molecule has 32 heavy (non-hydrogen) atoms. The van der Waals surface area contributed by atoms with Crippen molar-refractivity contribution in [3.05, 3.63) is 48.2 Å². The van der Waals surface area contributed by atoms with E-state index in [-0.39, 0.29) is 24.0 Å². The molecular formula is C24H33IN4O3. The zero-order valence-corrected chi connectivity index (χ0v) is 21.2. The number of hydrogen-bond donors (Lipinski definition) is 1. The molecule has 2 aliphatic heterocycles. The number of guanidine groups is 1. The molecule has 1 aromatic carbocycles. The molecule has 0 radical (unpaired) electrons. The molecule has 2 saturated heterocycles. The smallest absolute Gasteiger partial charge is 0.219 e. The highest BCUT2D eigenvalue weighted by molar-refractivity contribution is 14.0. The summed E-state index contributed by atoms with van der Waals surface area (Å²) in [5.74, 6) is 3.09. The molecule has 1 atom stereocenters. The van der Waals surface area contributed by atoms with Crippen LogP contribution in [0.25, 0.3) is 0 Å². The molecule has 0 bridgehead atoms. The highest BCUT2D eigenvalue weighted by Gasteiger charge is 2.42. The molecule has 0 saturated carbocycles. The second-order valence-electron chi connectivity index (χ2n) is 8.15. The van der Waals surface area contributed by atoms with E-state index in [9.17, 15) is 0 Å². The number of benzene rings is 1. The van der Waals surface area contributed by atoms with E-state index in [2.05, 4.69) is 22.1 Å². The standard InChI is InChI=1S/C24H32N4O3.HI/c1-3-25-23(28-13-10-24(17-28)11-14-29-18-24)27-16-19-9-12-26-22(15-19)31-21-7-5-20(6-8-21)30-4-2;/h5-9,12,15H,3-4,10-11,13-14,16-18H2,1-2H3,(H,25,27);1H. The van der Waals surface area contributed by atoms with E-state index in [0.29, 0.717) is 24.4 Å². The third-order valence-electron chi connectivity index (χ3n) is 5.83. The minimum absolute atomic E-state index is 0. The first-order valence-electron chi connectivity index (χ1n) is 11.2. The van der Waals surface area contributed by atoms with Crippen molar-refractivity contribution in [3.63, 3.8) is 0 Å². The van der Waals surface area contributed by atoms with Gasteiger partial charge in [-0.25, -0.2) is 9.98 Å². The summed E-state index contributed by atoms with van der Waals surface area (Å²) in [5.41, 5.74) is 1.37. The van der Waals surface area contributed by atoms with Gasteiger partial charge in [0.1, 0.15) is 11.5 Å². The van der Waals surface area contributed by atoms with Gasteiger partial charge in [0.05, 0.1) is 19.8 Å². The van der Waals surface area contributed by atoms with Gasteiger partial charge in [0.15, 0.2) is 5.96 Å². The molecule has 4 rings (SSSR count). The number of halogens is 1. The molecule has 1 unspecified atom stereocenters. The minimum atomic E-state index is 0. The topological polar surface area (TPSA) is 68.2 Å². The highest BCUT2D eigenvalue weighted by Crippen LogP contribution is 2.38. The van der Waals surface area contributed by atoms with E-state index in [1.165, 1.54) is 6.42 Å². The Bertz CT molecular complexity index is 885. The summed E-state index contributed by atoms with van der Waals surface area (Å²) in [4.78, 5) is 11.6. The Morgan fingerprint density at radius 1 is 1.19 bits per heavy atom. The van der Waals surface area contributed by atoms with E-state index in [4.69, 9.17) is 19.2 Å². The van der Waals surface area contributed by atoms with Crippen molar-refractivity contribution in [3.8, 4) is 17.4 Å². The first kappa shape index (κ1) is 24.6. The molecule has 1 N–H and O–H groups in total. The molecule has 8 heteroatoms. The van der Waals surface area contributed by atoms with Gasteiger partial charge in [-0.1, -0.05) is 0 Å². The number of aliphatic imine (C=N–C) groups is 1. The summed E-state index contributed by atoms with van der Waals surface area (Å²) in [6.07, 6.45) is 4.09. The number of nitrogens with zero attached hydrogens (tertiary/aromatic N) is 3. The van der Waals surface area contributed by atoms with E-state index >= 15 is 0 Å². The third kappa shape index (κ3) is 6.25. The van der Waals surface area contributed by atoms with Crippen LogP contribution < -0.4 is 14.8 Å². The maximum atomic E-state index is 5.91. The predicted octanol–water partition coefficient (Wildman–Crippen LogP) is 4.47. The largest absolute Gasteiger partial charge is 0.494 e. The van der Waals surface area contributed by atoms with Gasteiger partial charge in [-0.05, 0) is 62.6 Å². The Hall–Kier alpha value is -2.07. The van der Waals surface area contributed by atoms with Crippen molar-refractivity contribution in [2.75, 3.05) is 39.5 Å². The fraction of sp³-hybridized carbons (Fsp3) is 0.500. The van der Waals surface area contributed by atoms with Crippen LogP contribution in [0.3, 0.4) is 0 Å². The van der Waals surface area contributed by atoms with E-state index in [0.717, 1.165) is 62.3 Å². The average molecular weight is 552 g/mol. The van der Waals surface area contributed by atoms with Crippen LogP contribution in [0.15, 0.2) is 47.6 Å². The van der Waals surface area contributed by atoms with Gasteiger partial charge in [-0.2, -0.15) is 0 Å². The zero-order valence-electron chi connectivity index (χ0n) is 18.9. The number of pyridine rings is 1. The van der Waals surface area contributed by atoms with E-state index < -0.39 is 0 Å². The summed E-state index contributed by atoms with van der Waals surface area (Å²) in [5, 5.41) is 3.45. The van der Waals surface area contributed by atoms with Crippen molar-refractivity contribution in [2.24, 2.45) is 10.4 Å². The van der Waals surface area contributed by atoms with Gasteiger partial charge < -0.3 is 24.4 Å². The lowest BCUT2D eigenvalue weighted by atomic mass is 9.87. The second kappa shape index (κ2) is 11.7. The van der Waals surface area contributed by atoms with Gasteiger partial charge in [0.25, 0.3) is 0 Å². The van der Waals surface area contributed by atoms with Crippen LogP contribution in [-0.4, -0.2) is 55.3 Å². The van der Waals surface area contributed by atoms with Crippen LogP contribution >= 0.6 is 24.0 Å². The lowest BCUT2D eigenvalue weighted by Crippen LogP contribution is -2.41. The quantitative estimate of drug-likeness (QED) is 0.311. The molecular weight excluding hydrogens is 519 g/mol. The number of nitrogens with one attached hydrogen (secondary N) is 1. The first-order valence-corrected chi connectivity index (χ1v) is 11.2. The summed E-state index contributed by atoms with van der Waals surface area (Å²) < 4.78 is 17.1. The van der Waals surface area contributed by atoms with Crippen LogP contribution in [-0.2, 0) is 11.3 Å². The molecule has 1 spiro atoms. The molecule has 174 valence electrons. The van der Waals surface area contributed by atoms with Gasteiger partial charge in [-0.15, -0.1) is 24.0 Å². The predicted molar refractivity (Wildman–Crippen MR) is 136 cm³/mol. The lowest BCUT2D eigenvalue weighted by Gasteiger charge is -2.25. The Morgan fingerprint density at radius 3 is 2.72 bits per heavy atom. The molecule has 7 nitrogen and oxygen atoms in total. The van der Waals surface area contributed by atoms with Gasteiger partial charge in [0.2, 0.25) is 5.88 Å². The van der Waals surface area contributed by atoms with Crippen molar-refractivity contribution < 1.29 is 14.2 Å². The van der Waals surface area contributed by atoms with Crippen LogP contribution in [0, 0.1) is 5.41 Å². The zero-order chi connectivity index (χ0) is 21.5. The molecule has 0 amide bonds. The van der Waals surface area contributed by atoms with Crippen LogP contribution in [0.1, 0.15) is 32.3 Å². The number of hydrogen-bond acceptors (Lipinski definition) is 5. The summed E-state index contributed by atoms with van der Waals surface area (Å²) in [7, 11) is 0. The van der Waals surface area contributed by atoms with Gasteiger partial charge in [0, 0.05) is 43.9 Å². The minimum Gasteiger partial charge on any atom is -0.494 e. The van der Waals surface area contributed by atoms with Crippen LogP contribution in [0.2, 0.25) is 0 Å². The number of ether oxygens (including phenoxy) is 3. The van der Waals surface area contributed by atoms with Crippen molar-refractivity contribution in [1.82, 2.24) is 15.2 Å². The fourth-order valence-corrected chi connectivity index (χ4v) is 4.18. The average Bonchev–Trinajstić information content (AvgIpc) is 3.43. The summed E-state index contributed by atoms with van der Waals surface area (Å²) in [6, 6.07) is 11.5. The third-order valence-corrected chi connectivity index (χ3v) is 5.83. The van der Waals surface area contributed by atoms with Crippen molar-refractivity contribution in [1.29, 1.82) is 0 Å². The van der Waals surface area contributed by atoms with Crippen molar-refractivity contribution in [2.45, 2.75) is 33.2 Å². The molecule has 2 aromatic rings. The second-order valence-corrected chi connectivity index (χ2v) is 8.15. The number of rotatable bonds is 7. The SMILES string of the molecule is CCNC(=NCc1ccnc(Oc2ccc(OCC)cc2)c1)N1CCC2(CCOC2)C1.I. The van der Waals surface area contributed by atoms with E-state index in [1.54, 1.807) is 6.20 Å². The Kier molecular flexibility index (Phi) is 8.98. The molecule has 2 fully saturated rings. The monoisotopic (exact) mass is 552 g/mol. The molecule has 2 aliphatic rings. The molecule has 1 aromatic heterocycles. The lowest BCUT2D eigenvalue weighted by molar-refractivity contribution is 0.156. The fourth-order valence-electron chi connectivity index (χ4n) is 4.18. The summed E-state index contributed by atoms with van der Waals surface area (Å²) in [6.45, 7) is 9.94. The maximum absolute atomic E-state index is 5.91. The molecule has 0 aliphatic carbocycles. The van der Waals surface area contributed by atoms with E-state index in [1.807, 2.05) is 43.3 Å².